The van der Waals surface area contributed by atoms with Crippen molar-refractivity contribution in [1.29, 1.82) is 0 Å². The quantitative estimate of drug-likeness (QED) is 0.617. The van der Waals surface area contributed by atoms with E-state index in [-0.39, 0.29) is 0 Å². The minimum Gasteiger partial charge on any atom is -0.352 e. The molecule has 88 valence electrons. The summed E-state index contributed by atoms with van der Waals surface area (Å²) in [7, 11) is 0. The van der Waals surface area contributed by atoms with Crippen molar-refractivity contribution in [3.05, 3.63) is 0 Å². The zero-order valence-corrected chi connectivity index (χ0v) is 9.54. The van der Waals surface area contributed by atoms with E-state index in [9.17, 15) is 4.79 Å². The van der Waals surface area contributed by atoms with Gasteiger partial charge in [-0.3, -0.25) is 0 Å². The fourth-order valence-electron chi connectivity index (χ4n) is 1.84. The fourth-order valence-corrected chi connectivity index (χ4v) is 1.84. The second-order valence-corrected chi connectivity index (χ2v) is 3.92. The number of nitrogens with two attached hydrogens (primary N) is 1. The highest BCUT2D eigenvalue weighted by Gasteiger charge is 2.14. The summed E-state index contributed by atoms with van der Waals surface area (Å²) in [5.74, 6) is 0. The van der Waals surface area contributed by atoms with Crippen LogP contribution in [0.25, 0.3) is 0 Å². The summed E-state index contributed by atoms with van der Waals surface area (Å²) in [5, 5.41) is 2.61. The predicted octanol–water partition coefficient (Wildman–Crippen LogP) is -0.318. The SMILES string of the molecule is CCN1CCN(CCCNC(N)=O)CC1. The number of carbonyl (C=O) groups excluding carboxylic acids is 1. The molecule has 1 fully saturated rings. The van der Waals surface area contributed by atoms with Crippen molar-refractivity contribution < 1.29 is 4.79 Å². The van der Waals surface area contributed by atoms with Gasteiger partial charge in [0.1, 0.15) is 0 Å². The number of nitrogens with one attached hydrogen (secondary N) is 1. The molecule has 0 aromatic rings. The van der Waals surface area contributed by atoms with Crippen LogP contribution in [0.3, 0.4) is 0 Å². The van der Waals surface area contributed by atoms with Crippen molar-refractivity contribution >= 4 is 6.03 Å². The number of urea groups is 1. The maximum absolute atomic E-state index is 10.4. The topological polar surface area (TPSA) is 61.6 Å². The van der Waals surface area contributed by atoms with Crippen LogP contribution in [-0.4, -0.2) is 61.6 Å². The first kappa shape index (κ1) is 12.3. The van der Waals surface area contributed by atoms with Gasteiger partial charge in [0.2, 0.25) is 0 Å². The highest BCUT2D eigenvalue weighted by atomic mass is 16.2. The number of amides is 2. The molecule has 1 aliphatic heterocycles. The van der Waals surface area contributed by atoms with Crippen molar-refractivity contribution in [1.82, 2.24) is 15.1 Å². The lowest BCUT2D eigenvalue weighted by Gasteiger charge is -2.33. The Kier molecular flexibility index (Phi) is 5.42. The minimum absolute atomic E-state index is 0.425. The van der Waals surface area contributed by atoms with Gasteiger partial charge < -0.3 is 20.9 Å². The second-order valence-electron chi connectivity index (χ2n) is 3.92. The number of likely N-dealkylation sites (N-methyl/N-ethyl adjacent to an activating group) is 1. The van der Waals surface area contributed by atoms with E-state index >= 15 is 0 Å². The van der Waals surface area contributed by atoms with Gasteiger partial charge >= 0.3 is 6.03 Å². The number of hydrogen-bond donors (Lipinski definition) is 2. The molecule has 5 nitrogen and oxygen atoms in total. The lowest BCUT2D eigenvalue weighted by molar-refractivity contribution is 0.136. The van der Waals surface area contributed by atoms with Crippen molar-refractivity contribution in [3.8, 4) is 0 Å². The summed E-state index contributed by atoms with van der Waals surface area (Å²) in [4.78, 5) is 15.3. The summed E-state index contributed by atoms with van der Waals surface area (Å²) in [6.45, 7) is 9.71. The largest absolute Gasteiger partial charge is 0.352 e. The maximum atomic E-state index is 10.4. The lowest BCUT2D eigenvalue weighted by atomic mass is 10.3. The third-order valence-corrected chi connectivity index (χ3v) is 2.86. The van der Waals surface area contributed by atoms with Crippen LogP contribution < -0.4 is 11.1 Å². The number of hydrogen-bond acceptors (Lipinski definition) is 3. The monoisotopic (exact) mass is 214 g/mol. The molecule has 15 heavy (non-hydrogen) atoms. The van der Waals surface area contributed by atoms with E-state index in [0.717, 1.165) is 32.6 Å². The van der Waals surface area contributed by atoms with Gasteiger partial charge in [-0.15, -0.1) is 0 Å². The predicted molar refractivity (Wildman–Crippen MR) is 60.8 cm³/mol. The Balaban J connectivity index is 2.01. The summed E-state index contributed by atoms with van der Waals surface area (Å²) in [5.41, 5.74) is 4.98. The van der Waals surface area contributed by atoms with E-state index in [1.54, 1.807) is 0 Å². The van der Waals surface area contributed by atoms with Crippen LogP contribution >= 0.6 is 0 Å². The molecule has 1 rings (SSSR count). The standard InChI is InChI=1S/C10H22N4O/c1-2-13-6-8-14(9-7-13)5-3-4-12-10(11)15/h2-9H2,1H3,(H3,11,12,15). The number of rotatable bonds is 5. The first-order chi connectivity index (χ1) is 7.22. The normalized spacial score (nSPS) is 19.0. The molecule has 3 N–H and O–H groups in total. The molecule has 2 amide bonds. The zero-order valence-electron chi connectivity index (χ0n) is 9.54. The number of nitrogens with zero attached hydrogens (tertiary/aromatic N) is 2. The van der Waals surface area contributed by atoms with E-state index in [1.165, 1.54) is 13.1 Å². The molecule has 0 aromatic carbocycles. The Labute approximate surface area is 91.6 Å². The zero-order chi connectivity index (χ0) is 11.1. The van der Waals surface area contributed by atoms with Crippen LogP contribution in [0.5, 0.6) is 0 Å². The summed E-state index contributed by atoms with van der Waals surface area (Å²) in [6, 6.07) is -0.425. The molecule has 0 bridgehead atoms. The van der Waals surface area contributed by atoms with Crippen molar-refractivity contribution in [2.24, 2.45) is 5.73 Å². The van der Waals surface area contributed by atoms with Crippen LogP contribution in [0.1, 0.15) is 13.3 Å². The van der Waals surface area contributed by atoms with E-state index < -0.39 is 6.03 Å². The molecular weight excluding hydrogens is 192 g/mol. The van der Waals surface area contributed by atoms with Crippen molar-refractivity contribution in [3.63, 3.8) is 0 Å². The molecule has 0 spiro atoms. The van der Waals surface area contributed by atoms with E-state index in [1.807, 2.05) is 0 Å². The molecule has 0 unspecified atom stereocenters. The summed E-state index contributed by atoms with van der Waals surface area (Å²) >= 11 is 0. The Hall–Kier alpha value is -0.810. The third kappa shape index (κ3) is 4.99. The molecule has 0 atom stereocenters. The minimum atomic E-state index is -0.425. The van der Waals surface area contributed by atoms with Gasteiger partial charge in [-0.05, 0) is 19.5 Å². The van der Waals surface area contributed by atoms with Crippen molar-refractivity contribution in [2.45, 2.75) is 13.3 Å². The van der Waals surface area contributed by atoms with Crippen LogP contribution in [0.15, 0.2) is 0 Å². The van der Waals surface area contributed by atoms with E-state index in [2.05, 4.69) is 22.0 Å². The fraction of sp³-hybridized carbons (Fsp3) is 0.900. The molecule has 0 aliphatic carbocycles. The van der Waals surface area contributed by atoms with Gasteiger partial charge in [0, 0.05) is 32.7 Å². The Bertz CT molecular complexity index is 190. The molecule has 1 heterocycles. The third-order valence-electron chi connectivity index (χ3n) is 2.86. The smallest absolute Gasteiger partial charge is 0.312 e. The van der Waals surface area contributed by atoms with E-state index in [4.69, 9.17) is 5.73 Å². The average Bonchev–Trinajstić information content (AvgIpc) is 2.25. The molecule has 0 aromatic heterocycles. The van der Waals surface area contributed by atoms with Gasteiger partial charge in [-0.2, -0.15) is 0 Å². The summed E-state index contributed by atoms with van der Waals surface area (Å²) in [6.07, 6.45) is 0.981. The first-order valence-electron chi connectivity index (χ1n) is 5.70. The molecular formula is C10H22N4O. The number of carbonyl (C=O) groups is 1. The van der Waals surface area contributed by atoms with Crippen LogP contribution in [0.4, 0.5) is 4.79 Å². The molecule has 5 heteroatoms. The Morgan fingerprint density at radius 1 is 1.27 bits per heavy atom. The van der Waals surface area contributed by atoms with Gasteiger partial charge in [0.25, 0.3) is 0 Å². The highest BCUT2D eigenvalue weighted by Crippen LogP contribution is 2.01. The van der Waals surface area contributed by atoms with Gasteiger partial charge in [0.05, 0.1) is 0 Å². The Morgan fingerprint density at radius 2 is 1.87 bits per heavy atom. The Morgan fingerprint density at radius 3 is 2.40 bits per heavy atom. The van der Waals surface area contributed by atoms with Gasteiger partial charge in [-0.25, -0.2) is 4.79 Å². The summed E-state index contributed by atoms with van der Waals surface area (Å²) < 4.78 is 0. The average molecular weight is 214 g/mol. The number of primary amides is 1. The van der Waals surface area contributed by atoms with Gasteiger partial charge in [0.15, 0.2) is 0 Å². The van der Waals surface area contributed by atoms with Gasteiger partial charge in [-0.1, -0.05) is 6.92 Å². The van der Waals surface area contributed by atoms with Crippen LogP contribution in [0.2, 0.25) is 0 Å². The first-order valence-corrected chi connectivity index (χ1v) is 5.70. The van der Waals surface area contributed by atoms with Crippen LogP contribution in [-0.2, 0) is 0 Å². The van der Waals surface area contributed by atoms with Crippen molar-refractivity contribution in [2.75, 3.05) is 45.8 Å². The highest BCUT2D eigenvalue weighted by molar-refractivity contribution is 5.71. The lowest BCUT2D eigenvalue weighted by Crippen LogP contribution is -2.46. The molecule has 1 aliphatic rings. The molecule has 0 radical (unpaired) electrons. The van der Waals surface area contributed by atoms with E-state index in [0.29, 0.717) is 6.54 Å². The molecule has 1 saturated heterocycles. The second kappa shape index (κ2) is 6.63. The molecule has 0 saturated carbocycles. The maximum Gasteiger partial charge on any atom is 0.312 e. The van der Waals surface area contributed by atoms with Crippen LogP contribution in [0, 0.1) is 0 Å². The number of piperazine rings is 1.